The third-order valence-electron chi connectivity index (χ3n) is 3.62. The summed E-state index contributed by atoms with van der Waals surface area (Å²) >= 11 is 0. The second-order valence-electron chi connectivity index (χ2n) is 5.29. The lowest BCUT2D eigenvalue weighted by atomic mass is 10.2. The third-order valence-corrected chi connectivity index (χ3v) is 4.75. The standard InChI is InChI=1S/C14H20N2O4S/c1-21(19,20)13-6-4-11(5-7-13)15-14(18)9-16-8-2-3-12(16)10-17/h4-7,12,17H,2-3,8-10H2,1H3,(H,15,18)/t12-/m0/s1. The average Bonchev–Trinajstić information content (AvgIpc) is 2.85. The largest absolute Gasteiger partial charge is 0.395 e. The van der Waals surface area contributed by atoms with Gasteiger partial charge in [-0.2, -0.15) is 0 Å². The number of hydrogen-bond acceptors (Lipinski definition) is 5. The molecule has 0 aromatic heterocycles. The first-order valence-corrected chi connectivity index (χ1v) is 8.74. The summed E-state index contributed by atoms with van der Waals surface area (Å²) in [6.07, 6.45) is 3.04. The number of aliphatic hydroxyl groups is 1. The first-order chi connectivity index (χ1) is 9.90. The van der Waals surface area contributed by atoms with Crippen LogP contribution in [0.25, 0.3) is 0 Å². The Hall–Kier alpha value is -1.44. The van der Waals surface area contributed by atoms with E-state index in [2.05, 4.69) is 5.32 Å². The Morgan fingerprint density at radius 1 is 1.38 bits per heavy atom. The number of rotatable bonds is 5. The van der Waals surface area contributed by atoms with Gasteiger partial charge in [-0.25, -0.2) is 8.42 Å². The second kappa shape index (κ2) is 6.55. The van der Waals surface area contributed by atoms with E-state index in [1.807, 2.05) is 4.90 Å². The number of nitrogens with one attached hydrogen (secondary N) is 1. The van der Waals surface area contributed by atoms with Crippen LogP contribution in [-0.4, -0.2) is 56.3 Å². The molecule has 0 spiro atoms. The van der Waals surface area contributed by atoms with Crippen molar-refractivity contribution in [2.45, 2.75) is 23.8 Å². The van der Waals surface area contributed by atoms with Crippen LogP contribution in [0.3, 0.4) is 0 Å². The minimum Gasteiger partial charge on any atom is -0.395 e. The van der Waals surface area contributed by atoms with E-state index in [1.165, 1.54) is 12.1 Å². The van der Waals surface area contributed by atoms with E-state index in [9.17, 15) is 18.3 Å². The van der Waals surface area contributed by atoms with Crippen LogP contribution >= 0.6 is 0 Å². The lowest BCUT2D eigenvalue weighted by Crippen LogP contribution is -2.38. The van der Waals surface area contributed by atoms with Gasteiger partial charge in [0.15, 0.2) is 9.84 Å². The van der Waals surface area contributed by atoms with Crippen molar-refractivity contribution >= 4 is 21.4 Å². The Bertz CT molecular complexity index is 598. The van der Waals surface area contributed by atoms with Crippen molar-refractivity contribution in [1.82, 2.24) is 4.90 Å². The molecule has 6 nitrogen and oxygen atoms in total. The van der Waals surface area contributed by atoms with Crippen LogP contribution < -0.4 is 5.32 Å². The number of likely N-dealkylation sites (tertiary alicyclic amines) is 1. The van der Waals surface area contributed by atoms with E-state index in [-0.39, 0.29) is 30.0 Å². The maximum Gasteiger partial charge on any atom is 0.238 e. The van der Waals surface area contributed by atoms with Crippen LogP contribution in [0.5, 0.6) is 0 Å². The van der Waals surface area contributed by atoms with Crippen molar-refractivity contribution in [1.29, 1.82) is 0 Å². The van der Waals surface area contributed by atoms with Crippen molar-refractivity contribution in [3.8, 4) is 0 Å². The summed E-state index contributed by atoms with van der Waals surface area (Å²) in [4.78, 5) is 14.1. The number of benzene rings is 1. The zero-order valence-electron chi connectivity index (χ0n) is 11.9. The van der Waals surface area contributed by atoms with Gasteiger partial charge in [0.2, 0.25) is 5.91 Å². The average molecular weight is 312 g/mol. The van der Waals surface area contributed by atoms with Crippen LogP contribution in [0, 0.1) is 0 Å². The highest BCUT2D eigenvalue weighted by atomic mass is 32.2. The highest BCUT2D eigenvalue weighted by Crippen LogP contribution is 2.17. The number of amides is 1. The molecule has 116 valence electrons. The summed E-state index contributed by atoms with van der Waals surface area (Å²) in [5, 5.41) is 12.0. The van der Waals surface area contributed by atoms with Gasteiger partial charge in [-0.1, -0.05) is 0 Å². The topological polar surface area (TPSA) is 86.7 Å². The molecule has 0 unspecified atom stereocenters. The number of aliphatic hydroxyl groups excluding tert-OH is 1. The van der Waals surface area contributed by atoms with Crippen LogP contribution in [0.4, 0.5) is 5.69 Å². The maximum atomic E-state index is 12.0. The smallest absolute Gasteiger partial charge is 0.238 e. The van der Waals surface area contributed by atoms with Crippen LogP contribution in [-0.2, 0) is 14.6 Å². The van der Waals surface area contributed by atoms with Gasteiger partial charge in [-0.3, -0.25) is 9.69 Å². The molecule has 1 aliphatic heterocycles. The lowest BCUT2D eigenvalue weighted by Gasteiger charge is -2.21. The van der Waals surface area contributed by atoms with Crippen molar-refractivity contribution in [2.24, 2.45) is 0 Å². The molecular formula is C14H20N2O4S. The Labute approximate surface area is 124 Å². The normalized spacial score (nSPS) is 19.6. The van der Waals surface area contributed by atoms with Gasteiger partial charge in [0.1, 0.15) is 0 Å². The molecule has 21 heavy (non-hydrogen) atoms. The minimum absolute atomic E-state index is 0.0587. The molecule has 0 aliphatic carbocycles. The summed E-state index contributed by atoms with van der Waals surface area (Å²) in [7, 11) is -3.23. The number of nitrogens with zero attached hydrogens (tertiary/aromatic N) is 1. The zero-order chi connectivity index (χ0) is 15.5. The Balaban J connectivity index is 1.94. The number of hydrogen-bond donors (Lipinski definition) is 2. The number of anilines is 1. The maximum absolute atomic E-state index is 12.0. The Morgan fingerprint density at radius 3 is 2.62 bits per heavy atom. The van der Waals surface area contributed by atoms with E-state index in [1.54, 1.807) is 12.1 Å². The molecule has 1 aromatic rings. The predicted octanol–water partition coefficient (Wildman–Crippen LogP) is 0.485. The molecule has 7 heteroatoms. The minimum atomic E-state index is -3.23. The Morgan fingerprint density at radius 2 is 2.05 bits per heavy atom. The van der Waals surface area contributed by atoms with Crippen molar-refractivity contribution in [2.75, 3.05) is 31.3 Å². The van der Waals surface area contributed by atoms with Gasteiger partial charge in [0.05, 0.1) is 18.0 Å². The molecular weight excluding hydrogens is 292 g/mol. The van der Waals surface area contributed by atoms with Gasteiger partial charge in [-0.05, 0) is 43.7 Å². The molecule has 1 amide bonds. The fourth-order valence-electron chi connectivity index (χ4n) is 2.48. The number of carbonyl (C=O) groups is 1. The van der Waals surface area contributed by atoms with Crippen molar-refractivity contribution < 1.29 is 18.3 Å². The quantitative estimate of drug-likeness (QED) is 0.826. The number of sulfone groups is 1. The molecule has 1 saturated heterocycles. The summed E-state index contributed by atoms with van der Waals surface area (Å²) in [6, 6.07) is 6.14. The molecule has 1 fully saturated rings. The van der Waals surface area contributed by atoms with Gasteiger partial charge >= 0.3 is 0 Å². The first kappa shape index (κ1) is 15.9. The second-order valence-corrected chi connectivity index (χ2v) is 7.31. The van der Waals surface area contributed by atoms with Crippen LogP contribution in [0.2, 0.25) is 0 Å². The molecule has 1 heterocycles. The summed E-state index contributed by atoms with van der Waals surface area (Å²) in [6.45, 7) is 1.11. The van der Waals surface area contributed by atoms with Crippen LogP contribution in [0.1, 0.15) is 12.8 Å². The Kier molecular flexibility index (Phi) is 4.97. The first-order valence-electron chi connectivity index (χ1n) is 6.85. The molecule has 2 N–H and O–H groups in total. The number of carbonyl (C=O) groups excluding carboxylic acids is 1. The van der Waals surface area contributed by atoms with E-state index in [0.717, 1.165) is 25.6 Å². The molecule has 1 atom stereocenters. The molecule has 0 bridgehead atoms. The van der Waals surface area contributed by atoms with Crippen molar-refractivity contribution in [3.05, 3.63) is 24.3 Å². The zero-order valence-corrected chi connectivity index (χ0v) is 12.8. The summed E-state index contributed by atoms with van der Waals surface area (Å²) in [5.74, 6) is -0.164. The highest BCUT2D eigenvalue weighted by molar-refractivity contribution is 7.90. The molecule has 1 aliphatic rings. The SMILES string of the molecule is CS(=O)(=O)c1ccc(NC(=O)CN2CCC[C@H]2CO)cc1. The fraction of sp³-hybridized carbons (Fsp3) is 0.500. The van der Waals surface area contributed by atoms with Gasteiger partial charge in [-0.15, -0.1) is 0 Å². The van der Waals surface area contributed by atoms with Crippen molar-refractivity contribution in [3.63, 3.8) is 0 Å². The predicted molar refractivity (Wildman–Crippen MR) is 79.9 cm³/mol. The lowest BCUT2D eigenvalue weighted by molar-refractivity contribution is -0.117. The van der Waals surface area contributed by atoms with E-state index < -0.39 is 9.84 Å². The molecule has 0 saturated carbocycles. The summed E-state index contributed by atoms with van der Waals surface area (Å²) in [5.41, 5.74) is 0.562. The van der Waals surface area contributed by atoms with E-state index in [0.29, 0.717) is 5.69 Å². The molecule has 2 rings (SSSR count). The van der Waals surface area contributed by atoms with E-state index >= 15 is 0 Å². The monoisotopic (exact) mass is 312 g/mol. The van der Waals surface area contributed by atoms with Gasteiger partial charge in [0.25, 0.3) is 0 Å². The molecule has 0 radical (unpaired) electrons. The van der Waals surface area contributed by atoms with E-state index in [4.69, 9.17) is 0 Å². The summed E-state index contributed by atoms with van der Waals surface area (Å²) < 4.78 is 22.7. The van der Waals surface area contributed by atoms with Gasteiger partial charge in [0, 0.05) is 18.0 Å². The van der Waals surface area contributed by atoms with Crippen LogP contribution in [0.15, 0.2) is 29.2 Å². The third kappa shape index (κ3) is 4.26. The highest BCUT2D eigenvalue weighted by Gasteiger charge is 2.25. The van der Waals surface area contributed by atoms with Gasteiger partial charge < -0.3 is 10.4 Å². The fourth-order valence-corrected chi connectivity index (χ4v) is 3.11. The molecule has 1 aromatic carbocycles.